The normalized spacial score (nSPS) is 13.2. The fraction of sp³-hybridized carbons (Fsp3) is 0.579. The summed E-state index contributed by atoms with van der Waals surface area (Å²) in [6.07, 6.45) is 7.56. The molecular formula is C19H30N2O3. The molecule has 0 heterocycles. The largest absolute Gasteiger partial charge is 0.369 e. The topological polar surface area (TPSA) is 92.4 Å². The number of rotatable bonds is 12. The Morgan fingerprint density at radius 1 is 1.04 bits per heavy atom. The van der Waals surface area contributed by atoms with Gasteiger partial charge in [-0.15, -0.1) is 0 Å². The van der Waals surface area contributed by atoms with Gasteiger partial charge in [-0.1, -0.05) is 75.8 Å². The fourth-order valence-corrected chi connectivity index (χ4v) is 3.03. The third kappa shape index (κ3) is 5.96. The summed E-state index contributed by atoms with van der Waals surface area (Å²) in [5.41, 5.74) is 6.90. The Bertz CT molecular complexity index is 505. The van der Waals surface area contributed by atoms with Gasteiger partial charge in [0.2, 0.25) is 5.91 Å². The van der Waals surface area contributed by atoms with Gasteiger partial charge in [-0.25, -0.2) is 5.48 Å². The smallest absolute Gasteiger partial charge is 0.259 e. The number of nitrogens with one attached hydrogen (secondary N) is 1. The Balaban J connectivity index is 2.70. The van der Waals surface area contributed by atoms with Crippen LogP contribution in [0.2, 0.25) is 0 Å². The second-order valence-electron chi connectivity index (χ2n) is 6.39. The molecule has 0 aliphatic carbocycles. The molecule has 0 fully saturated rings. The quantitative estimate of drug-likeness (QED) is 0.237. The lowest BCUT2D eigenvalue weighted by Crippen LogP contribution is -2.49. The van der Waals surface area contributed by atoms with E-state index >= 15 is 0 Å². The third-order valence-electron chi connectivity index (χ3n) is 4.65. The van der Waals surface area contributed by atoms with Gasteiger partial charge >= 0.3 is 0 Å². The van der Waals surface area contributed by atoms with Gasteiger partial charge in [-0.05, 0) is 24.8 Å². The lowest BCUT2D eigenvalue weighted by atomic mass is 9.76. The van der Waals surface area contributed by atoms with Crippen molar-refractivity contribution >= 4 is 11.8 Å². The van der Waals surface area contributed by atoms with E-state index in [1.165, 1.54) is 12.8 Å². The van der Waals surface area contributed by atoms with Gasteiger partial charge < -0.3 is 5.73 Å². The van der Waals surface area contributed by atoms with E-state index < -0.39 is 17.2 Å². The number of benzene rings is 1. The van der Waals surface area contributed by atoms with Crippen LogP contribution in [0, 0.1) is 5.41 Å². The van der Waals surface area contributed by atoms with Gasteiger partial charge in [0, 0.05) is 0 Å². The van der Waals surface area contributed by atoms with Crippen molar-refractivity contribution in [3.05, 3.63) is 35.9 Å². The molecule has 0 radical (unpaired) electrons. The highest BCUT2D eigenvalue weighted by Gasteiger charge is 2.43. The highest BCUT2D eigenvalue weighted by atomic mass is 16.5. The first kappa shape index (κ1) is 20.2. The van der Waals surface area contributed by atoms with Gasteiger partial charge in [-0.2, -0.15) is 0 Å². The van der Waals surface area contributed by atoms with Crippen LogP contribution in [0.4, 0.5) is 0 Å². The van der Waals surface area contributed by atoms with Crippen LogP contribution in [0.3, 0.4) is 0 Å². The van der Waals surface area contributed by atoms with Crippen molar-refractivity contribution in [3.8, 4) is 0 Å². The number of unbranched alkanes of at least 4 members (excludes halogenated alkanes) is 5. The second-order valence-corrected chi connectivity index (χ2v) is 6.39. The van der Waals surface area contributed by atoms with Crippen molar-refractivity contribution in [2.45, 2.75) is 64.7 Å². The maximum absolute atomic E-state index is 12.2. The molecule has 1 atom stereocenters. The van der Waals surface area contributed by atoms with Gasteiger partial charge in [0.15, 0.2) is 0 Å². The monoisotopic (exact) mass is 334 g/mol. The van der Waals surface area contributed by atoms with Gasteiger partial charge in [-0.3, -0.25) is 14.8 Å². The minimum absolute atomic E-state index is 0.299. The van der Waals surface area contributed by atoms with Gasteiger partial charge in [0.25, 0.3) is 5.91 Å². The molecule has 2 amide bonds. The van der Waals surface area contributed by atoms with E-state index in [-0.39, 0.29) is 0 Å². The van der Waals surface area contributed by atoms with E-state index in [0.717, 1.165) is 31.2 Å². The Labute approximate surface area is 144 Å². The van der Waals surface area contributed by atoms with Crippen molar-refractivity contribution in [1.29, 1.82) is 0 Å². The number of hydrogen-bond acceptors (Lipinski definition) is 3. The van der Waals surface area contributed by atoms with Crippen molar-refractivity contribution < 1.29 is 14.8 Å². The number of amides is 2. The Morgan fingerprint density at radius 3 is 2.25 bits per heavy atom. The minimum atomic E-state index is -1.35. The highest BCUT2D eigenvalue weighted by molar-refractivity contribution is 6.03. The number of carbonyl (C=O) groups is 2. The zero-order valence-electron chi connectivity index (χ0n) is 14.6. The molecule has 1 aromatic carbocycles. The maximum Gasteiger partial charge on any atom is 0.259 e. The van der Waals surface area contributed by atoms with Crippen molar-refractivity contribution in [3.63, 3.8) is 0 Å². The molecular weight excluding hydrogens is 304 g/mol. The predicted molar refractivity (Wildman–Crippen MR) is 94.3 cm³/mol. The third-order valence-corrected chi connectivity index (χ3v) is 4.65. The number of hydroxylamine groups is 1. The van der Waals surface area contributed by atoms with E-state index in [4.69, 9.17) is 10.9 Å². The minimum Gasteiger partial charge on any atom is -0.369 e. The molecule has 0 aromatic heterocycles. The summed E-state index contributed by atoms with van der Waals surface area (Å²) in [6, 6.07) is 9.66. The summed E-state index contributed by atoms with van der Waals surface area (Å²) < 4.78 is 0. The Hall–Kier alpha value is -1.88. The van der Waals surface area contributed by atoms with Gasteiger partial charge in [0.05, 0.1) is 0 Å². The van der Waals surface area contributed by atoms with Crippen LogP contribution in [-0.4, -0.2) is 17.0 Å². The van der Waals surface area contributed by atoms with E-state index in [9.17, 15) is 9.59 Å². The summed E-state index contributed by atoms with van der Waals surface area (Å²) in [7, 11) is 0. The van der Waals surface area contributed by atoms with Crippen LogP contribution in [0.25, 0.3) is 0 Å². The van der Waals surface area contributed by atoms with Crippen LogP contribution in [0.5, 0.6) is 0 Å². The molecule has 1 rings (SSSR count). The second kappa shape index (κ2) is 10.8. The molecule has 1 aromatic rings. The number of nitrogens with two attached hydrogens (primary N) is 1. The summed E-state index contributed by atoms with van der Waals surface area (Å²) in [6.45, 7) is 2.16. The molecule has 0 aliphatic rings. The fourth-order valence-electron chi connectivity index (χ4n) is 3.03. The molecule has 0 saturated heterocycles. The lowest BCUT2D eigenvalue weighted by Gasteiger charge is -2.28. The zero-order chi connectivity index (χ0) is 17.8. The molecule has 134 valence electrons. The molecule has 0 spiro atoms. The average Bonchev–Trinajstić information content (AvgIpc) is 2.60. The van der Waals surface area contributed by atoms with Crippen LogP contribution < -0.4 is 11.2 Å². The number of carbonyl (C=O) groups excluding carboxylic acids is 2. The van der Waals surface area contributed by atoms with E-state index in [1.54, 1.807) is 5.48 Å². The van der Waals surface area contributed by atoms with Crippen LogP contribution in [0.1, 0.15) is 63.9 Å². The first-order valence-corrected chi connectivity index (χ1v) is 8.85. The summed E-state index contributed by atoms with van der Waals surface area (Å²) in [5.74, 6) is -1.36. The SMILES string of the molecule is CCCCCCCCC(CCc1ccccc1)(C(N)=O)C(=O)NO. The van der Waals surface area contributed by atoms with Crippen molar-refractivity contribution in [2.24, 2.45) is 11.1 Å². The first-order valence-electron chi connectivity index (χ1n) is 8.85. The Morgan fingerprint density at radius 2 is 1.67 bits per heavy atom. The highest BCUT2D eigenvalue weighted by Crippen LogP contribution is 2.31. The molecule has 5 nitrogen and oxygen atoms in total. The molecule has 5 heteroatoms. The number of hydrogen-bond donors (Lipinski definition) is 3. The molecule has 24 heavy (non-hydrogen) atoms. The molecule has 0 saturated carbocycles. The average molecular weight is 334 g/mol. The lowest BCUT2D eigenvalue weighted by molar-refractivity contribution is -0.149. The van der Waals surface area contributed by atoms with E-state index in [1.807, 2.05) is 30.3 Å². The zero-order valence-corrected chi connectivity index (χ0v) is 14.6. The number of primary amides is 1. The predicted octanol–water partition coefficient (Wildman–Crippen LogP) is 3.35. The summed E-state index contributed by atoms with van der Waals surface area (Å²) >= 11 is 0. The first-order chi connectivity index (χ1) is 11.6. The van der Waals surface area contributed by atoms with Crippen molar-refractivity contribution in [1.82, 2.24) is 5.48 Å². The molecule has 4 N–H and O–H groups in total. The van der Waals surface area contributed by atoms with Crippen LogP contribution in [-0.2, 0) is 16.0 Å². The standard InChI is InChI=1S/C19H30N2O3/c1-2-3-4-5-6-10-14-19(17(20)22,18(23)21-24)15-13-16-11-8-7-9-12-16/h7-9,11-12,24H,2-6,10,13-15H2,1H3,(H2,20,22)(H,21,23). The van der Waals surface area contributed by atoms with Crippen molar-refractivity contribution in [2.75, 3.05) is 0 Å². The molecule has 1 unspecified atom stereocenters. The van der Waals surface area contributed by atoms with Crippen LogP contribution in [0.15, 0.2) is 30.3 Å². The van der Waals surface area contributed by atoms with E-state index in [2.05, 4.69) is 6.92 Å². The van der Waals surface area contributed by atoms with Gasteiger partial charge in [0.1, 0.15) is 5.41 Å². The van der Waals surface area contributed by atoms with Crippen LogP contribution >= 0.6 is 0 Å². The number of aryl methyl sites for hydroxylation is 1. The molecule has 0 aliphatic heterocycles. The molecule has 0 bridgehead atoms. The summed E-state index contributed by atoms with van der Waals surface area (Å²) in [4.78, 5) is 24.3. The van der Waals surface area contributed by atoms with E-state index in [0.29, 0.717) is 19.3 Å². The summed E-state index contributed by atoms with van der Waals surface area (Å²) in [5, 5.41) is 9.08. The Kier molecular flexibility index (Phi) is 9.08. The maximum atomic E-state index is 12.2.